The Morgan fingerprint density at radius 2 is 2.08 bits per heavy atom. The summed E-state index contributed by atoms with van der Waals surface area (Å²) >= 11 is 7.22. The molecule has 0 bridgehead atoms. The lowest BCUT2D eigenvalue weighted by atomic mass is 9.98. The molecule has 0 aromatic carbocycles. The van der Waals surface area contributed by atoms with E-state index in [1.54, 1.807) is 24.4 Å². The predicted octanol–water partition coefficient (Wildman–Crippen LogP) is 3.44. The first-order chi connectivity index (χ1) is 11.7. The molecule has 0 saturated carbocycles. The van der Waals surface area contributed by atoms with Gasteiger partial charge in [-0.15, -0.1) is 11.3 Å². The predicted molar refractivity (Wildman–Crippen MR) is 98.9 cm³/mol. The van der Waals surface area contributed by atoms with E-state index in [1.165, 1.54) is 13.1 Å². The number of hydrogen-bond donors (Lipinski definition) is 1. The SMILES string of the molecule is CC(C)C1=C(C(=O)Nc2ccccn2)N(C)S(=O)(=O)c2cc(Cl)sc21. The molecule has 1 N–H and O–H groups in total. The van der Waals surface area contributed by atoms with Crippen molar-refractivity contribution in [2.24, 2.45) is 5.92 Å². The minimum atomic E-state index is -3.83. The molecule has 2 aromatic rings. The van der Waals surface area contributed by atoms with Crippen LogP contribution in [0, 0.1) is 5.92 Å². The van der Waals surface area contributed by atoms with Gasteiger partial charge < -0.3 is 5.32 Å². The van der Waals surface area contributed by atoms with Gasteiger partial charge in [-0.1, -0.05) is 31.5 Å². The number of fused-ring (bicyclic) bond motifs is 1. The maximum atomic E-state index is 12.9. The number of hydrogen-bond acceptors (Lipinski definition) is 5. The Labute approximate surface area is 155 Å². The van der Waals surface area contributed by atoms with Crippen molar-refractivity contribution >= 4 is 50.3 Å². The summed E-state index contributed by atoms with van der Waals surface area (Å²) in [5.41, 5.74) is 0.740. The molecule has 6 nitrogen and oxygen atoms in total. The molecular formula is C16H16ClN3O3S2. The van der Waals surface area contributed by atoms with Gasteiger partial charge in [-0.05, 0) is 24.1 Å². The van der Waals surface area contributed by atoms with E-state index in [9.17, 15) is 13.2 Å². The molecule has 9 heteroatoms. The lowest BCUT2D eigenvalue weighted by Crippen LogP contribution is -2.37. The van der Waals surface area contributed by atoms with Crippen LogP contribution in [0.2, 0.25) is 4.34 Å². The van der Waals surface area contributed by atoms with Gasteiger partial charge in [-0.25, -0.2) is 13.4 Å². The number of nitrogens with zero attached hydrogens (tertiary/aromatic N) is 2. The van der Waals surface area contributed by atoms with Crippen LogP contribution in [0.1, 0.15) is 18.7 Å². The number of nitrogens with one attached hydrogen (secondary N) is 1. The van der Waals surface area contributed by atoms with Crippen molar-refractivity contribution in [3.63, 3.8) is 0 Å². The van der Waals surface area contributed by atoms with Crippen molar-refractivity contribution in [3.8, 4) is 0 Å². The zero-order valence-electron chi connectivity index (χ0n) is 13.8. The number of amides is 1. The second-order valence-electron chi connectivity index (χ2n) is 5.80. The average Bonchev–Trinajstić information content (AvgIpc) is 2.93. The number of carbonyl (C=O) groups excluding carboxylic acids is 1. The summed E-state index contributed by atoms with van der Waals surface area (Å²) in [6.45, 7) is 3.82. The first kappa shape index (κ1) is 17.9. The molecule has 1 amide bonds. The first-order valence-electron chi connectivity index (χ1n) is 7.48. The van der Waals surface area contributed by atoms with E-state index in [4.69, 9.17) is 11.6 Å². The van der Waals surface area contributed by atoms with Gasteiger partial charge in [0.25, 0.3) is 15.9 Å². The lowest BCUT2D eigenvalue weighted by Gasteiger charge is -2.30. The van der Waals surface area contributed by atoms with E-state index in [1.807, 2.05) is 13.8 Å². The molecule has 3 rings (SSSR count). The maximum Gasteiger partial charge on any atom is 0.274 e. The van der Waals surface area contributed by atoms with E-state index in [0.717, 1.165) is 15.6 Å². The van der Waals surface area contributed by atoms with Gasteiger partial charge in [0.2, 0.25) is 0 Å². The molecule has 132 valence electrons. The molecular weight excluding hydrogens is 382 g/mol. The van der Waals surface area contributed by atoms with Gasteiger partial charge in [0, 0.05) is 18.8 Å². The van der Waals surface area contributed by atoms with Crippen LogP contribution in [0.25, 0.3) is 5.57 Å². The third-order valence-corrected chi connectivity index (χ3v) is 7.03. The number of pyridine rings is 1. The fraction of sp³-hybridized carbons (Fsp3) is 0.250. The highest BCUT2D eigenvalue weighted by atomic mass is 35.5. The number of likely N-dealkylation sites (N-methyl/N-ethyl adjacent to an activating group) is 1. The molecule has 3 heterocycles. The van der Waals surface area contributed by atoms with Crippen molar-refractivity contribution < 1.29 is 13.2 Å². The van der Waals surface area contributed by atoms with Gasteiger partial charge >= 0.3 is 0 Å². The number of sulfonamides is 1. The van der Waals surface area contributed by atoms with Gasteiger partial charge in [0.05, 0.1) is 9.21 Å². The highest BCUT2D eigenvalue weighted by molar-refractivity contribution is 7.89. The summed E-state index contributed by atoms with van der Waals surface area (Å²) < 4.78 is 27.0. The summed E-state index contributed by atoms with van der Waals surface area (Å²) in [6.07, 6.45) is 1.55. The molecule has 0 fully saturated rings. The Morgan fingerprint density at radius 1 is 1.36 bits per heavy atom. The van der Waals surface area contributed by atoms with Crippen LogP contribution in [-0.2, 0) is 14.8 Å². The van der Waals surface area contributed by atoms with Crippen molar-refractivity contribution in [1.82, 2.24) is 9.29 Å². The van der Waals surface area contributed by atoms with Crippen LogP contribution in [0.4, 0.5) is 5.82 Å². The molecule has 0 radical (unpaired) electrons. The maximum absolute atomic E-state index is 12.9. The minimum Gasteiger partial charge on any atom is -0.305 e. The topological polar surface area (TPSA) is 79.4 Å². The molecule has 0 aliphatic carbocycles. The van der Waals surface area contributed by atoms with Crippen molar-refractivity contribution in [3.05, 3.63) is 45.4 Å². The normalized spacial score (nSPS) is 16.1. The minimum absolute atomic E-state index is 0.0732. The Bertz CT molecular complexity index is 966. The van der Waals surface area contributed by atoms with Gasteiger partial charge in [0.15, 0.2) is 0 Å². The summed E-state index contributed by atoms with van der Waals surface area (Å²) in [7, 11) is -2.46. The zero-order valence-corrected chi connectivity index (χ0v) is 16.2. The third kappa shape index (κ3) is 3.05. The van der Waals surface area contributed by atoms with Gasteiger partial charge in [-0.2, -0.15) is 0 Å². The Hall–Kier alpha value is -1.90. The summed E-state index contributed by atoms with van der Waals surface area (Å²) in [4.78, 5) is 17.6. The summed E-state index contributed by atoms with van der Waals surface area (Å²) in [6, 6.07) is 6.53. The number of aromatic nitrogens is 1. The highest BCUT2D eigenvalue weighted by Crippen LogP contribution is 2.45. The molecule has 2 aromatic heterocycles. The van der Waals surface area contributed by atoms with Crippen molar-refractivity contribution in [2.75, 3.05) is 12.4 Å². The molecule has 0 atom stereocenters. The monoisotopic (exact) mass is 397 g/mol. The number of carbonyl (C=O) groups is 1. The molecule has 1 aliphatic rings. The van der Waals surface area contributed by atoms with E-state index in [2.05, 4.69) is 10.3 Å². The third-order valence-electron chi connectivity index (χ3n) is 3.82. The number of anilines is 1. The summed E-state index contributed by atoms with van der Waals surface area (Å²) in [5, 5.41) is 2.66. The quantitative estimate of drug-likeness (QED) is 0.860. The standard InChI is InChI=1S/C16H16ClN3O3S2/c1-9(2)13-14(16(21)19-12-6-4-5-7-18-12)20(3)25(22,23)10-8-11(17)24-15(10)13/h4-9H,1-3H3,(H,18,19,21). The molecule has 0 unspecified atom stereocenters. The first-order valence-corrected chi connectivity index (χ1v) is 10.1. The Kier molecular flexibility index (Phi) is 4.61. The second-order valence-corrected chi connectivity index (χ2v) is 9.42. The van der Waals surface area contributed by atoms with E-state index in [-0.39, 0.29) is 16.5 Å². The second kappa shape index (κ2) is 6.44. The smallest absolute Gasteiger partial charge is 0.274 e. The molecule has 0 saturated heterocycles. The van der Waals surface area contributed by atoms with E-state index < -0.39 is 15.9 Å². The van der Waals surface area contributed by atoms with E-state index in [0.29, 0.717) is 20.6 Å². The Morgan fingerprint density at radius 3 is 2.68 bits per heavy atom. The number of halogens is 1. The number of rotatable bonds is 3. The average molecular weight is 398 g/mol. The number of thiophene rings is 1. The fourth-order valence-electron chi connectivity index (χ4n) is 2.68. The molecule has 25 heavy (non-hydrogen) atoms. The van der Waals surface area contributed by atoms with Crippen LogP contribution in [0.15, 0.2) is 41.1 Å². The highest BCUT2D eigenvalue weighted by Gasteiger charge is 2.40. The molecule has 0 spiro atoms. The van der Waals surface area contributed by atoms with Crippen LogP contribution in [0.3, 0.4) is 0 Å². The van der Waals surface area contributed by atoms with Crippen LogP contribution < -0.4 is 5.32 Å². The van der Waals surface area contributed by atoms with Gasteiger partial charge in [0.1, 0.15) is 16.4 Å². The van der Waals surface area contributed by atoms with Crippen LogP contribution >= 0.6 is 22.9 Å². The lowest BCUT2D eigenvalue weighted by molar-refractivity contribution is -0.113. The van der Waals surface area contributed by atoms with E-state index >= 15 is 0 Å². The largest absolute Gasteiger partial charge is 0.305 e. The van der Waals surface area contributed by atoms with Crippen LogP contribution in [-0.4, -0.2) is 30.7 Å². The van der Waals surface area contributed by atoms with Crippen LogP contribution in [0.5, 0.6) is 0 Å². The fourth-order valence-corrected chi connectivity index (χ4v) is 5.91. The summed E-state index contributed by atoms with van der Waals surface area (Å²) in [5.74, 6) is -0.247. The zero-order chi connectivity index (χ0) is 18.4. The van der Waals surface area contributed by atoms with Crippen molar-refractivity contribution in [1.29, 1.82) is 0 Å². The van der Waals surface area contributed by atoms with Gasteiger partial charge in [-0.3, -0.25) is 9.10 Å². The number of allylic oxidation sites excluding steroid dienone is 1. The van der Waals surface area contributed by atoms with Crippen molar-refractivity contribution in [2.45, 2.75) is 18.7 Å². The molecule has 1 aliphatic heterocycles. The Balaban J connectivity index is 2.18.